The normalized spacial score (nSPS) is 12.0. The van der Waals surface area contributed by atoms with Gasteiger partial charge < -0.3 is 25.4 Å². The van der Waals surface area contributed by atoms with E-state index in [9.17, 15) is 32.7 Å². The van der Waals surface area contributed by atoms with E-state index in [0.29, 0.717) is 11.8 Å². The van der Waals surface area contributed by atoms with E-state index in [2.05, 4.69) is 10.0 Å². The number of aromatic carboxylic acids is 1. The Morgan fingerprint density at radius 3 is 2.39 bits per heavy atom. The molecule has 2 aromatic rings. The molecule has 2 aromatic carbocycles. The number of hydrogen-bond acceptors (Lipinski definition) is 7. The van der Waals surface area contributed by atoms with Crippen LogP contribution in [0.15, 0.2) is 47.4 Å². The van der Waals surface area contributed by atoms with Crippen LogP contribution >= 0.6 is 0 Å². The van der Waals surface area contributed by atoms with Gasteiger partial charge in [0.2, 0.25) is 10.0 Å². The van der Waals surface area contributed by atoms with Crippen LogP contribution in [0, 0.1) is 0 Å². The molecule has 0 fully saturated rings. The predicted molar refractivity (Wildman–Crippen MR) is 105 cm³/mol. The number of hydrogen-bond donors (Lipinski definition) is 5. The monoisotopic (exact) mass is 450 g/mol. The molecule has 1 atom stereocenters. The quantitative estimate of drug-likeness (QED) is 0.318. The van der Waals surface area contributed by atoms with E-state index >= 15 is 0 Å². The van der Waals surface area contributed by atoms with Crippen molar-refractivity contribution in [3.8, 4) is 5.75 Å². The fourth-order valence-corrected chi connectivity index (χ4v) is 3.55. The van der Waals surface area contributed by atoms with Crippen LogP contribution in [-0.4, -0.2) is 53.9 Å². The lowest BCUT2D eigenvalue weighted by Crippen LogP contribution is -2.37. The summed E-state index contributed by atoms with van der Waals surface area (Å²) in [4.78, 5) is 44.5. The first-order valence-electron chi connectivity index (χ1n) is 8.66. The maximum Gasteiger partial charge on any atom is 0.339 e. The van der Waals surface area contributed by atoms with Crippen molar-refractivity contribution in [3.63, 3.8) is 0 Å². The summed E-state index contributed by atoms with van der Waals surface area (Å²) in [5.41, 5.74) is -0.131. The number of carboxylic acids is 2. The van der Waals surface area contributed by atoms with E-state index in [1.54, 1.807) is 0 Å². The van der Waals surface area contributed by atoms with E-state index in [0.717, 1.165) is 18.2 Å². The van der Waals surface area contributed by atoms with Crippen molar-refractivity contribution in [2.75, 3.05) is 0 Å². The van der Waals surface area contributed by atoms with Gasteiger partial charge in [-0.15, -0.1) is 0 Å². The highest BCUT2D eigenvalue weighted by molar-refractivity contribution is 7.89. The lowest BCUT2D eigenvalue weighted by atomic mass is 10.1. The lowest BCUT2D eigenvalue weighted by molar-refractivity contribution is -0.138. The van der Waals surface area contributed by atoms with Crippen LogP contribution in [0.3, 0.4) is 0 Å². The molecular formula is C19H18N2O9S. The van der Waals surface area contributed by atoms with Crippen molar-refractivity contribution >= 4 is 34.2 Å². The number of aldehydes is 1. The third-order valence-electron chi connectivity index (χ3n) is 4.04. The third-order valence-corrected chi connectivity index (χ3v) is 5.44. The molecule has 0 aliphatic rings. The molecule has 0 saturated heterocycles. The van der Waals surface area contributed by atoms with Crippen LogP contribution in [0.25, 0.3) is 0 Å². The van der Waals surface area contributed by atoms with Crippen LogP contribution in [0.4, 0.5) is 0 Å². The lowest BCUT2D eigenvalue weighted by Gasteiger charge is -2.12. The van der Waals surface area contributed by atoms with Crippen LogP contribution < -0.4 is 10.0 Å². The molecule has 12 heteroatoms. The molecule has 0 aliphatic carbocycles. The highest BCUT2D eigenvalue weighted by Gasteiger charge is 2.20. The average molecular weight is 450 g/mol. The maximum absolute atomic E-state index is 12.4. The molecule has 0 bridgehead atoms. The van der Waals surface area contributed by atoms with Gasteiger partial charge in [0.25, 0.3) is 5.91 Å². The van der Waals surface area contributed by atoms with Crippen molar-refractivity contribution in [1.82, 2.24) is 10.0 Å². The van der Waals surface area contributed by atoms with Gasteiger partial charge in [0.05, 0.1) is 17.4 Å². The minimum Gasteiger partial charge on any atom is -0.507 e. The highest BCUT2D eigenvalue weighted by Crippen LogP contribution is 2.21. The minimum absolute atomic E-state index is 0.0757. The van der Waals surface area contributed by atoms with E-state index in [1.807, 2.05) is 0 Å². The van der Waals surface area contributed by atoms with Gasteiger partial charge in [-0.1, -0.05) is 12.1 Å². The van der Waals surface area contributed by atoms with Crippen LogP contribution in [0.5, 0.6) is 5.75 Å². The van der Waals surface area contributed by atoms with Gasteiger partial charge in [0, 0.05) is 12.1 Å². The zero-order chi connectivity index (χ0) is 23.2. The first-order chi connectivity index (χ1) is 14.5. The van der Waals surface area contributed by atoms with E-state index < -0.39 is 51.6 Å². The topological polar surface area (TPSA) is 187 Å². The van der Waals surface area contributed by atoms with E-state index in [1.165, 1.54) is 24.3 Å². The molecule has 31 heavy (non-hydrogen) atoms. The molecule has 0 aromatic heterocycles. The molecule has 5 N–H and O–H groups in total. The summed E-state index contributed by atoms with van der Waals surface area (Å²) in [5, 5.41) is 29.5. The average Bonchev–Trinajstić information content (AvgIpc) is 2.71. The maximum atomic E-state index is 12.4. The van der Waals surface area contributed by atoms with Crippen molar-refractivity contribution in [2.24, 2.45) is 0 Å². The van der Waals surface area contributed by atoms with Gasteiger partial charge >= 0.3 is 11.9 Å². The van der Waals surface area contributed by atoms with E-state index in [-0.39, 0.29) is 17.0 Å². The van der Waals surface area contributed by atoms with Gasteiger partial charge in [-0.3, -0.25) is 9.59 Å². The Balaban J connectivity index is 2.13. The summed E-state index contributed by atoms with van der Waals surface area (Å²) in [5.74, 6) is -4.06. The van der Waals surface area contributed by atoms with Crippen LogP contribution in [0.1, 0.15) is 32.7 Å². The van der Waals surface area contributed by atoms with Crippen LogP contribution in [-0.2, 0) is 26.2 Å². The number of carbonyl (C=O) groups excluding carboxylic acids is 2. The van der Waals surface area contributed by atoms with Crippen molar-refractivity contribution < 1.29 is 42.9 Å². The minimum atomic E-state index is -4.14. The van der Waals surface area contributed by atoms with Crippen LogP contribution in [0.2, 0.25) is 0 Å². The molecule has 0 radical (unpaired) electrons. The van der Waals surface area contributed by atoms with E-state index in [4.69, 9.17) is 10.2 Å². The first-order valence-corrected chi connectivity index (χ1v) is 10.1. The number of carbonyl (C=O) groups is 4. The molecule has 0 heterocycles. The zero-order valence-electron chi connectivity index (χ0n) is 15.8. The molecule has 164 valence electrons. The Morgan fingerprint density at radius 1 is 1.06 bits per heavy atom. The fourth-order valence-electron chi connectivity index (χ4n) is 2.51. The number of carboxylic acid groups (broad SMARTS) is 2. The SMILES string of the molecule is O=C[C@H](CC(=O)O)NC(=O)c1cccc(CNS(=O)(=O)c2ccc(O)c(C(=O)O)c2)c1. The van der Waals surface area contributed by atoms with Gasteiger partial charge in [-0.05, 0) is 35.9 Å². The number of amides is 1. The molecule has 0 saturated carbocycles. The third kappa shape index (κ3) is 6.35. The van der Waals surface area contributed by atoms with Crippen molar-refractivity contribution in [1.29, 1.82) is 0 Å². The zero-order valence-corrected chi connectivity index (χ0v) is 16.6. The van der Waals surface area contributed by atoms with Gasteiger partial charge in [-0.2, -0.15) is 0 Å². The molecule has 2 rings (SSSR count). The summed E-state index contributed by atoms with van der Waals surface area (Å²) >= 11 is 0. The molecular weight excluding hydrogens is 432 g/mol. The second-order valence-corrected chi connectivity index (χ2v) is 8.09. The highest BCUT2D eigenvalue weighted by atomic mass is 32.2. The summed E-state index contributed by atoms with van der Waals surface area (Å²) < 4.78 is 27.1. The molecule has 1 amide bonds. The summed E-state index contributed by atoms with van der Waals surface area (Å²) in [6.45, 7) is -0.251. The van der Waals surface area contributed by atoms with Gasteiger partial charge in [-0.25, -0.2) is 17.9 Å². The predicted octanol–water partition coefficient (Wildman–Crippen LogP) is 0.341. The molecule has 11 nitrogen and oxygen atoms in total. The molecule has 0 unspecified atom stereocenters. The molecule has 0 spiro atoms. The Kier molecular flexibility index (Phi) is 7.45. The summed E-state index contributed by atoms with van der Waals surface area (Å²) in [7, 11) is -4.14. The number of benzene rings is 2. The largest absolute Gasteiger partial charge is 0.507 e. The smallest absolute Gasteiger partial charge is 0.339 e. The van der Waals surface area contributed by atoms with Gasteiger partial charge in [0.15, 0.2) is 0 Å². The Bertz CT molecular complexity index is 1130. The molecule has 0 aliphatic heterocycles. The first kappa shape index (κ1) is 23.5. The number of rotatable bonds is 10. The Morgan fingerprint density at radius 2 is 1.77 bits per heavy atom. The summed E-state index contributed by atoms with van der Waals surface area (Å²) in [6, 6.07) is 7.31. The number of sulfonamides is 1. The Labute approximate surface area is 176 Å². The number of aliphatic carboxylic acids is 1. The fraction of sp³-hybridized carbons (Fsp3) is 0.158. The van der Waals surface area contributed by atoms with Crippen molar-refractivity contribution in [2.45, 2.75) is 23.9 Å². The number of phenols is 1. The standard InChI is InChI=1S/C19H18N2O9S/c22-10-13(7-17(24)25)21-18(26)12-3-1-2-11(6-12)9-20-31(29,30)14-4-5-16(23)15(8-14)19(27)28/h1-6,8,10,13,20,23H,7,9H2,(H,21,26)(H,24,25)(H,27,28)/t13-/m0/s1. The Hall–Kier alpha value is -3.77. The summed E-state index contributed by atoms with van der Waals surface area (Å²) in [6.07, 6.45) is -0.285. The second kappa shape index (κ2) is 9.82. The number of nitrogens with one attached hydrogen (secondary N) is 2. The second-order valence-electron chi connectivity index (χ2n) is 6.32. The van der Waals surface area contributed by atoms with Crippen molar-refractivity contribution in [3.05, 3.63) is 59.2 Å². The van der Waals surface area contributed by atoms with Gasteiger partial charge in [0.1, 0.15) is 17.6 Å². The number of aromatic hydroxyl groups is 1.